The fourth-order valence-corrected chi connectivity index (χ4v) is 3.08. The normalized spacial score (nSPS) is 16.6. The number of benzene rings is 1. The van der Waals surface area contributed by atoms with Crippen molar-refractivity contribution in [2.45, 2.75) is 32.4 Å². The van der Waals surface area contributed by atoms with E-state index >= 15 is 0 Å². The molecule has 6 nitrogen and oxygen atoms in total. The highest BCUT2D eigenvalue weighted by Crippen LogP contribution is 2.23. The second-order valence-corrected chi connectivity index (χ2v) is 6.08. The van der Waals surface area contributed by atoms with Gasteiger partial charge in [0, 0.05) is 0 Å². The van der Waals surface area contributed by atoms with Gasteiger partial charge in [-0.2, -0.15) is 4.98 Å². The zero-order valence-electron chi connectivity index (χ0n) is 13.6. The minimum absolute atomic E-state index is 0.303. The maximum Gasteiger partial charge on any atom is 0.240 e. The van der Waals surface area contributed by atoms with E-state index in [2.05, 4.69) is 27.2 Å². The molecule has 3 rings (SSSR count). The van der Waals surface area contributed by atoms with Gasteiger partial charge in [0.1, 0.15) is 5.75 Å². The third-order valence-electron chi connectivity index (χ3n) is 4.44. The third kappa shape index (κ3) is 4.30. The fourth-order valence-electron chi connectivity index (χ4n) is 3.08. The van der Waals surface area contributed by atoms with Crippen LogP contribution in [0.2, 0.25) is 0 Å². The van der Waals surface area contributed by atoms with Crippen LogP contribution in [0.5, 0.6) is 5.75 Å². The van der Waals surface area contributed by atoms with E-state index in [1.54, 1.807) is 7.11 Å². The first-order valence-electron chi connectivity index (χ1n) is 8.13. The second-order valence-electron chi connectivity index (χ2n) is 6.08. The number of hydrogen-bond acceptors (Lipinski definition) is 6. The van der Waals surface area contributed by atoms with Gasteiger partial charge in [0.2, 0.25) is 5.89 Å². The maximum absolute atomic E-state index is 5.49. The van der Waals surface area contributed by atoms with Crippen LogP contribution in [0.15, 0.2) is 28.8 Å². The summed E-state index contributed by atoms with van der Waals surface area (Å²) in [7, 11) is 1.70. The van der Waals surface area contributed by atoms with E-state index in [4.69, 9.17) is 15.0 Å². The molecule has 0 spiro atoms. The largest absolute Gasteiger partial charge is 0.497 e. The van der Waals surface area contributed by atoms with Crippen LogP contribution in [0.1, 0.15) is 30.1 Å². The molecule has 1 aromatic heterocycles. The molecule has 1 aliphatic rings. The summed E-state index contributed by atoms with van der Waals surface area (Å²) in [5.74, 6) is 2.90. The van der Waals surface area contributed by atoms with Crippen LogP contribution in [0.4, 0.5) is 0 Å². The number of methoxy groups -OCH3 is 1. The molecule has 0 bridgehead atoms. The first kappa shape index (κ1) is 16.0. The van der Waals surface area contributed by atoms with Crippen LogP contribution >= 0.6 is 0 Å². The molecule has 2 aromatic rings. The Kier molecular flexibility index (Phi) is 5.25. The molecule has 1 aromatic carbocycles. The zero-order valence-corrected chi connectivity index (χ0v) is 13.6. The summed E-state index contributed by atoms with van der Waals surface area (Å²) in [6.45, 7) is 3.20. The standard InChI is InChI=1S/C17H24N4O2/c1-22-15-4-2-13(3-5-15)10-14-6-8-21(9-7-14)12-16-19-17(11-18)23-20-16/h2-5,14H,6-12,18H2,1H3. The van der Waals surface area contributed by atoms with E-state index in [-0.39, 0.29) is 0 Å². The predicted molar refractivity (Wildman–Crippen MR) is 86.9 cm³/mol. The molecule has 0 unspecified atom stereocenters. The van der Waals surface area contributed by atoms with Gasteiger partial charge in [-0.05, 0) is 56.0 Å². The van der Waals surface area contributed by atoms with Gasteiger partial charge in [-0.1, -0.05) is 17.3 Å². The van der Waals surface area contributed by atoms with Crippen LogP contribution in [-0.4, -0.2) is 35.2 Å². The highest BCUT2D eigenvalue weighted by Gasteiger charge is 2.21. The summed E-state index contributed by atoms with van der Waals surface area (Å²) in [4.78, 5) is 6.65. The van der Waals surface area contributed by atoms with Gasteiger partial charge in [0.25, 0.3) is 0 Å². The van der Waals surface area contributed by atoms with E-state index in [1.807, 2.05) is 12.1 Å². The Hall–Kier alpha value is -1.92. The van der Waals surface area contributed by atoms with E-state index in [0.29, 0.717) is 12.4 Å². The Morgan fingerprint density at radius 2 is 2.00 bits per heavy atom. The Bertz CT molecular complexity index is 603. The first-order chi connectivity index (χ1) is 11.3. The number of ether oxygens (including phenoxy) is 1. The molecule has 0 atom stereocenters. The van der Waals surface area contributed by atoms with Gasteiger partial charge in [-0.3, -0.25) is 4.90 Å². The Morgan fingerprint density at radius 3 is 2.61 bits per heavy atom. The summed E-state index contributed by atoms with van der Waals surface area (Å²) in [5.41, 5.74) is 6.87. The summed E-state index contributed by atoms with van der Waals surface area (Å²) in [6, 6.07) is 8.41. The Labute approximate surface area is 136 Å². The van der Waals surface area contributed by atoms with Crippen molar-refractivity contribution >= 4 is 0 Å². The van der Waals surface area contributed by atoms with Crippen molar-refractivity contribution in [2.75, 3.05) is 20.2 Å². The smallest absolute Gasteiger partial charge is 0.240 e. The van der Waals surface area contributed by atoms with Crippen molar-refractivity contribution in [1.82, 2.24) is 15.0 Å². The predicted octanol–water partition coefficient (Wildman–Crippen LogP) is 1.99. The molecule has 6 heteroatoms. The van der Waals surface area contributed by atoms with Crippen LogP contribution in [0.25, 0.3) is 0 Å². The molecule has 0 aliphatic carbocycles. The number of rotatable bonds is 6. The molecule has 0 radical (unpaired) electrons. The van der Waals surface area contributed by atoms with Crippen LogP contribution in [0, 0.1) is 5.92 Å². The van der Waals surface area contributed by atoms with E-state index < -0.39 is 0 Å². The average Bonchev–Trinajstić information content (AvgIpc) is 3.05. The van der Waals surface area contributed by atoms with E-state index in [0.717, 1.165) is 43.5 Å². The topological polar surface area (TPSA) is 77.4 Å². The summed E-state index contributed by atoms with van der Waals surface area (Å²) >= 11 is 0. The minimum Gasteiger partial charge on any atom is -0.497 e. The van der Waals surface area contributed by atoms with Crippen LogP contribution in [-0.2, 0) is 19.5 Å². The van der Waals surface area contributed by atoms with Crippen molar-refractivity contribution in [1.29, 1.82) is 0 Å². The van der Waals surface area contributed by atoms with Gasteiger partial charge in [-0.25, -0.2) is 0 Å². The molecule has 1 saturated heterocycles. The fraction of sp³-hybridized carbons (Fsp3) is 0.529. The quantitative estimate of drug-likeness (QED) is 0.878. The van der Waals surface area contributed by atoms with Gasteiger partial charge in [0.05, 0.1) is 20.2 Å². The van der Waals surface area contributed by atoms with E-state index in [9.17, 15) is 0 Å². The lowest BCUT2D eigenvalue weighted by molar-refractivity contribution is 0.172. The molecule has 2 heterocycles. The van der Waals surface area contributed by atoms with Crippen molar-refractivity contribution in [2.24, 2.45) is 11.7 Å². The first-order valence-corrected chi connectivity index (χ1v) is 8.13. The molecule has 124 valence electrons. The monoisotopic (exact) mass is 316 g/mol. The number of likely N-dealkylation sites (tertiary alicyclic amines) is 1. The van der Waals surface area contributed by atoms with Crippen molar-refractivity contribution in [3.8, 4) is 5.75 Å². The number of nitrogens with zero attached hydrogens (tertiary/aromatic N) is 3. The van der Waals surface area contributed by atoms with Gasteiger partial charge in [0.15, 0.2) is 5.82 Å². The SMILES string of the molecule is COc1ccc(CC2CCN(Cc3noc(CN)n3)CC2)cc1. The lowest BCUT2D eigenvalue weighted by atomic mass is 9.90. The summed E-state index contributed by atoms with van der Waals surface area (Å²) in [6.07, 6.45) is 3.54. The van der Waals surface area contributed by atoms with Crippen molar-refractivity contribution in [3.05, 3.63) is 41.5 Å². The molecule has 0 saturated carbocycles. The molecular weight excluding hydrogens is 292 g/mol. The Balaban J connectivity index is 1.46. The van der Waals surface area contributed by atoms with Crippen molar-refractivity contribution in [3.63, 3.8) is 0 Å². The van der Waals surface area contributed by atoms with Crippen LogP contribution < -0.4 is 10.5 Å². The molecular formula is C17H24N4O2. The molecule has 1 fully saturated rings. The zero-order chi connectivity index (χ0) is 16.1. The third-order valence-corrected chi connectivity index (χ3v) is 4.44. The summed E-state index contributed by atoms with van der Waals surface area (Å²) in [5, 5.41) is 3.96. The molecule has 1 aliphatic heterocycles. The lowest BCUT2D eigenvalue weighted by Crippen LogP contribution is -2.34. The van der Waals surface area contributed by atoms with Crippen LogP contribution in [0.3, 0.4) is 0 Å². The van der Waals surface area contributed by atoms with Gasteiger partial charge < -0.3 is 15.0 Å². The highest BCUT2D eigenvalue weighted by molar-refractivity contribution is 5.27. The van der Waals surface area contributed by atoms with E-state index in [1.165, 1.54) is 18.4 Å². The molecule has 23 heavy (non-hydrogen) atoms. The Morgan fingerprint density at radius 1 is 1.26 bits per heavy atom. The maximum atomic E-state index is 5.49. The number of piperidine rings is 1. The lowest BCUT2D eigenvalue weighted by Gasteiger charge is -2.31. The molecule has 2 N–H and O–H groups in total. The number of nitrogens with two attached hydrogens (primary N) is 1. The average molecular weight is 316 g/mol. The number of aromatic nitrogens is 2. The number of hydrogen-bond donors (Lipinski definition) is 1. The van der Waals surface area contributed by atoms with Crippen molar-refractivity contribution < 1.29 is 9.26 Å². The van der Waals surface area contributed by atoms with Gasteiger partial charge in [-0.15, -0.1) is 0 Å². The summed E-state index contributed by atoms with van der Waals surface area (Å²) < 4.78 is 10.3. The van der Waals surface area contributed by atoms with Gasteiger partial charge >= 0.3 is 0 Å². The highest BCUT2D eigenvalue weighted by atomic mass is 16.5. The molecule has 0 amide bonds. The second kappa shape index (κ2) is 7.57. The minimum atomic E-state index is 0.303.